The summed E-state index contributed by atoms with van der Waals surface area (Å²) in [5, 5.41) is 0. The summed E-state index contributed by atoms with van der Waals surface area (Å²) in [4.78, 5) is 11.4. The molecule has 0 heterocycles. The van der Waals surface area contributed by atoms with Crippen LogP contribution in [0.2, 0.25) is 0 Å². The Hall–Kier alpha value is -0.590. The molecule has 0 saturated carbocycles. The van der Waals surface area contributed by atoms with Crippen molar-refractivity contribution >= 4 is 5.78 Å². The normalized spacial score (nSPS) is 24.4. The van der Waals surface area contributed by atoms with E-state index in [1.165, 1.54) is 11.1 Å². The Labute approximate surface area is 74.9 Å². The van der Waals surface area contributed by atoms with E-state index >= 15 is 0 Å². The van der Waals surface area contributed by atoms with Crippen LogP contribution in [0.3, 0.4) is 0 Å². The number of hydrogen-bond acceptors (Lipinski definition) is 1. The molecule has 0 saturated heterocycles. The average molecular weight is 166 g/mol. The fraction of sp³-hybridized carbons (Fsp3) is 0.727. The van der Waals surface area contributed by atoms with Crippen LogP contribution in [0.5, 0.6) is 0 Å². The summed E-state index contributed by atoms with van der Waals surface area (Å²) in [7, 11) is 0. The van der Waals surface area contributed by atoms with Crippen molar-refractivity contribution in [2.45, 2.75) is 46.5 Å². The van der Waals surface area contributed by atoms with Gasteiger partial charge in [-0.2, -0.15) is 0 Å². The predicted molar refractivity (Wildman–Crippen MR) is 51.0 cm³/mol. The molecule has 0 fully saturated rings. The maximum Gasteiger partial charge on any atom is 0.136 e. The van der Waals surface area contributed by atoms with Gasteiger partial charge < -0.3 is 0 Å². The monoisotopic (exact) mass is 166 g/mol. The Bertz CT molecular complexity index is 213. The van der Waals surface area contributed by atoms with E-state index in [4.69, 9.17) is 0 Å². The minimum atomic E-state index is 0.332. The van der Waals surface area contributed by atoms with E-state index in [-0.39, 0.29) is 0 Å². The zero-order valence-corrected chi connectivity index (χ0v) is 8.31. The molecule has 1 atom stereocenters. The van der Waals surface area contributed by atoms with Gasteiger partial charge in [0.1, 0.15) is 5.78 Å². The highest BCUT2D eigenvalue weighted by Crippen LogP contribution is 2.29. The number of carbonyl (C=O) groups is 1. The minimum absolute atomic E-state index is 0.332. The van der Waals surface area contributed by atoms with Crippen LogP contribution < -0.4 is 0 Å². The summed E-state index contributed by atoms with van der Waals surface area (Å²) in [6.07, 6.45) is 3.92. The number of ketones is 1. The zero-order chi connectivity index (χ0) is 9.14. The van der Waals surface area contributed by atoms with E-state index in [0.29, 0.717) is 18.1 Å². The van der Waals surface area contributed by atoms with Crippen LogP contribution >= 0.6 is 0 Å². The summed E-state index contributed by atoms with van der Waals surface area (Å²) < 4.78 is 0. The summed E-state index contributed by atoms with van der Waals surface area (Å²) >= 11 is 0. The SMILES string of the molecule is CCC(=O)[C@H]1CCC(C)=C(C)C1. The molecular weight excluding hydrogens is 148 g/mol. The standard InChI is InChI=1S/C11H18O/c1-4-11(12)10-6-5-8(2)9(3)7-10/h10H,4-7H2,1-3H3/t10-/m0/s1. The van der Waals surface area contributed by atoms with Crippen LogP contribution in [0.15, 0.2) is 11.1 Å². The van der Waals surface area contributed by atoms with E-state index in [1.807, 2.05) is 6.92 Å². The van der Waals surface area contributed by atoms with Crippen molar-refractivity contribution in [2.75, 3.05) is 0 Å². The molecule has 12 heavy (non-hydrogen) atoms. The second kappa shape index (κ2) is 3.88. The third-order valence-electron chi connectivity index (χ3n) is 2.95. The third kappa shape index (κ3) is 1.96. The largest absolute Gasteiger partial charge is 0.299 e. The van der Waals surface area contributed by atoms with Gasteiger partial charge in [-0.1, -0.05) is 18.1 Å². The average Bonchev–Trinajstić information content (AvgIpc) is 2.08. The lowest BCUT2D eigenvalue weighted by Gasteiger charge is -2.22. The van der Waals surface area contributed by atoms with Crippen LogP contribution in [0.1, 0.15) is 46.5 Å². The van der Waals surface area contributed by atoms with Gasteiger partial charge in [-0.3, -0.25) is 4.79 Å². The van der Waals surface area contributed by atoms with Gasteiger partial charge in [0.25, 0.3) is 0 Å². The first-order valence-electron chi connectivity index (χ1n) is 4.83. The molecule has 1 aliphatic rings. The first-order valence-corrected chi connectivity index (χ1v) is 4.83. The van der Waals surface area contributed by atoms with E-state index < -0.39 is 0 Å². The van der Waals surface area contributed by atoms with Crippen molar-refractivity contribution in [1.82, 2.24) is 0 Å². The van der Waals surface area contributed by atoms with Gasteiger partial charge in [0, 0.05) is 12.3 Å². The Kier molecular flexibility index (Phi) is 3.07. The summed E-state index contributed by atoms with van der Waals surface area (Å²) in [5.41, 5.74) is 2.93. The molecule has 0 aromatic heterocycles. The van der Waals surface area contributed by atoms with Crippen LogP contribution in [0.4, 0.5) is 0 Å². The van der Waals surface area contributed by atoms with Crippen molar-refractivity contribution in [3.63, 3.8) is 0 Å². The van der Waals surface area contributed by atoms with Gasteiger partial charge in [0.15, 0.2) is 0 Å². The lowest BCUT2D eigenvalue weighted by atomic mass is 9.82. The molecular formula is C11H18O. The highest BCUT2D eigenvalue weighted by Gasteiger charge is 2.21. The minimum Gasteiger partial charge on any atom is -0.299 e. The number of Topliss-reactive ketones (excluding diaryl/α,β-unsaturated/α-hetero) is 1. The molecule has 0 spiro atoms. The summed E-state index contributed by atoms with van der Waals surface area (Å²) in [6.45, 7) is 6.30. The molecule has 1 aliphatic carbocycles. The maximum absolute atomic E-state index is 11.4. The van der Waals surface area contributed by atoms with Gasteiger partial charge in [-0.25, -0.2) is 0 Å². The Morgan fingerprint density at radius 1 is 1.42 bits per heavy atom. The quantitative estimate of drug-likeness (QED) is 0.576. The topological polar surface area (TPSA) is 17.1 Å². The molecule has 1 rings (SSSR count). The van der Waals surface area contributed by atoms with Crippen molar-refractivity contribution in [1.29, 1.82) is 0 Å². The highest BCUT2D eigenvalue weighted by molar-refractivity contribution is 5.81. The van der Waals surface area contributed by atoms with Crippen molar-refractivity contribution in [3.05, 3.63) is 11.1 Å². The molecule has 0 amide bonds. The lowest BCUT2D eigenvalue weighted by Crippen LogP contribution is -2.17. The van der Waals surface area contributed by atoms with Crippen LogP contribution in [0, 0.1) is 5.92 Å². The van der Waals surface area contributed by atoms with E-state index in [0.717, 1.165) is 19.3 Å². The van der Waals surface area contributed by atoms with Gasteiger partial charge in [0.05, 0.1) is 0 Å². The number of allylic oxidation sites excluding steroid dienone is 2. The van der Waals surface area contributed by atoms with Gasteiger partial charge in [-0.15, -0.1) is 0 Å². The molecule has 0 aromatic rings. The fourth-order valence-corrected chi connectivity index (χ4v) is 1.81. The van der Waals surface area contributed by atoms with Crippen LogP contribution in [-0.2, 0) is 4.79 Å². The van der Waals surface area contributed by atoms with E-state index in [1.54, 1.807) is 0 Å². The maximum atomic E-state index is 11.4. The van der Waals surface area contributed by atoms with Crippen LogP contribution in [-0.4, -0.2) is 5.78 Å². The Balaban J connectivity index is 2.60. The first-order chi connectivity index (χ1) is 5.65. The number of rotatable bonds is 2. The van der Waals surface area contributed by atoms with Crippen molar-refractivity contribution < 1.29 is 4.79 Å². The van der Waals surface area contributed by atoms with Crippen LogP contribution in [0.25, 0.3) is 0 Å². The Morgan fingerprint density at radius 2 is 2.08 bits per heavy atom. The smallest absolute Gasteiger partial charge is 0.136 e. The predicted octanol–water partition coefficient (Wildman–Crippen LogP) is 3.10. The molecule has 0 aliphatic heterocycles. The number of carbonyl (C=O) groups excluding carboxylic acids is 1. The molecule has 0 radical (unpaired) electrons. The fourth-order valence-electron chi connectivity index (χ4n) is 1.81. The lowest BCUT2D eigenvalue weighted by molar-refractivity contribution is -0.122. The zero-order valence-electron chi connectivity index (χ0n) is 8.31. The van der Waals surface area contributed by atoms with Crippen molar-refractivity contribution in [3.8, 4) is 0 Å². The van der Waals surface area contributed by atoms with E-state index in [2.05, 4.69) is 13.8 Å². The van der Waals surface area contributed by atoms with Gasteiger partial charge >= 0.3 is 0 Å². The van der Waals surface area contributed by atoms with Gasteiger partial charge in [0.2, 0.25) is 0 Å². The number of hydrogen-bond donors (Lipinski definition) is 0. The molecule has 0 aromatic carbocycles. The molecule has 68 valence electrons. The summed E-state index contributed by atoms with van der Waals surface area (Å²) in [5.74, 6) is 0.778. The second-order valence-electron chi connectivity index (χ2n) is 3.82. The molecule has 0 unspecified atom stereocenters. The molecule has 0 N–H and O–H groups in total. The highest BCUT2D eigenvalue weighted by atomic mass is 16.1. The van der Waals surface area contributed by atoms with Crippen molar-refractivity contribution in [2.24, 2.45) is 5.92 Å². The van der Waals surface area contributed by atoms with Gasteiger partial charge in [-0.05, 0) is 33.1 Å². The molecule has 1 nitrogen and oxygen atoms in total. The van der Waals surface area contributed by atoms with E-state index in [9.17, 15) is 4.79 Å². The summed E-state index contributed by atoms with van der Waals surface area (Å²) in [6, 6.07) is 0. The molecule has 0 bridgehead atoms. The Morgan fingerprint density at radius 3 is 2.58 bits per heavy atom. The third-order valence-corrected chi connectivity index (χ3v) is 2.95. The second-order valence-corrected chi connectivity index (χ2v) is 3.82. The molecule has 1 heteroatoms. The first kappa shape index (κ1) is 9.50.